The lowest BCUT2D eigenvalue weighted by Gasteiger charge is -2.39. The average molecular weight is 300 g/mol. The third kappa shape index (κ3) is 4.17. The van der Waals surface area contributed by atoms with Gasteiger partial charge in [0.15, 0.2) is 4.34 Å². The van der Waals surface area contributed by atoms with Crippen molar-refractivity contribution in [2.45, 2.75) is 62.6 Å². The molecule has 1 aromatic heterocycles. The Kier molecular flexibility index (Phi) is 5.66. The Bertz CT molecular complexity index is 394. The Balaban J connectivity index is 2.04. The molecule has 0 aliphatic heterocycles. The van der Waals surface area contributed by atoms with E-state index in [2.05, 4.69) is 35.4 Å². The van der Waals surface area contributed by atoms with Crippen molar-refractivity contribution >= 4 is 23.3 Å². The van der Waals surface area contributed by atoms with Crippen molar-refractivity contribution in [2.75, 3.05) is 6.54 Å². The molecular formula is C14H25N3S2. The lowest BCUT2D eigenvalue weighted by Crippen LogP contribution is -2.46. The summed E-state index contributed by atoms with van der Waals surface area (Å²) < 4.78 is 5.43. The summed E-state index contributed by atoms with van der Waals surface area (Å²) in [6.07, 6.45) is 3.83. The largest absolute Gasteiger partial charge is 0.313 e. The minimum atomic E-state index is 0.618. The van der Waals surface area contributed by atoms with Gasteiger partial charge in [0.2, 0.25) is 0 Å². The van der Waals surface area contributed by atoms with Crippen molar-refractivity contribution < 1.29 is 0 Å². The van der Waals surface area contributed by atoms with Crippen LogP contribution in [0.3, 0.4) is 0 Å². The zero-order valence-electron chi connectivity index (χ0n) is 12.3. The normalized spacial score (nSPS) is 31.6. The van der Waals surface area contributed by atoms with Crippen molar-refractivity contribution in [3.8, 4) is 0 Å². The third-order valence-electron chi connectivity index (χ3n) is 3.79. The quantitative estimate of drug-likeness (QED) is 0.899. The number of rotatable bonds is 5. The molecule has 1 aromatic rings. The van der Waals surface area contributed by atoms with Crippen molar-refractivity contribution in [2.24, 2.45) is 11.8 Å². The molecule has 0 bridgehead atoms. The van der Waals surface area contributed by atoms with Gasteiger partial charge in [-0.1, -0.05) is 32.5 Å². The summed E-state index contributed by atoms with van der Waals surface area (Å²) in [6.45, 7) is 10.1. The highest BCUT2D eigenvalue weighted by Crippen LogP contribution is 2.40. The number of aromatic nitrogens is 2. The number of hydrogen-bond acceptors (Lipinski definition) is 5. The number of nitrogens with zero attached hydrogens (tertiary/aromatic N) is 2. The number of aryl methyl sites for hydroxylation is 1. The van der Waals surface area contributed by atoms with Crippen molar-refractivity contribution in [1.29, 1.82) is 0 Å². The predicted octanol–water partition coefficient (Wildman–Crippen LogP) is 3.74. The van der Waals surface area contributed by atoms with Crippen LogP contribution in [0.2, 0.25) is 0 Å². The molecule has 4 unspecified atom stereocenters. The fourth-order valence-corrected chi connectivity index (χ4v) is 5.17. The molecule has 2 rings (SSSR count). The van der Waals surface area contributed by atoms with Crippen molar-refractivity contribution in [3.63, 3.8) is 0 Å². The molecule has 1 N–H and O–H groups in total. The van der Waals surface area contributed by atoms with E-state index in [0.717, 1.165) is 28.5 Å². The molecule has 108 valence electrons. The molecular weight excluding hydrogens is 274 g/mol. The molecule has 5 heteroatoms. The summed E-state index contributed by atoms with van der Waals surface area (Å²) in [5.41, 5.74) is 0. The van der Waals surface area contributed by atoms with Crippen LogP contribution in [-0.4, -0.2) is 27.2 Å². The van der Waals surface area contributed by atoms with Crippen LogP contribution < -0.4 is 5.32 Å². The summed E-state index contributed by atoms with van der Waals surface area (Å²) in [7, 11) is 0. The molecule has 4 atom stereocenters. The van der Waals surface area contributed by atoms with Crippen molar-refractivity contribution in [3.05, 3.63) is 5.82 Å². The fraction of sp³-hybridized carbons (Fsp3) is 0.857. The van der Waals surface area contributed by atoms with Crippen LogP contribution in [0.25, 0.3) is 0 Å². The van der Waals surface area contributed by atoms with Gasteiger partial charge in [-0.2, -0.15) is 4.37 Å². The summed E-state index contributed by atoms with van der Waals surface area (Å²) >= 11 is 3.48. The first-order chi connectivity index (χ1) is 9.10. The molecule has 0 amide bonds. The van der Waals surface area contributed by atoms with Crippen LogP contribution in [0.5, 0.6) is 0 Å². The third-order valence-corrected chi connectivity index (χ3v) is 6.26. The van der Waals surface area contributed by atoms with Crippen LogP contribution in [-0.2, 0) is 0 Å². The maximum absolute atomic E-state index is 4.52. The highest BCUT2D eigenvalue weighted by molar-refractivity contribution is 8.01. The first-order valence-corrected chi connectivity index (χ1v) is 8.95. The maximum atomic E-state index is 4.52. The summed E-state index contributed by atoms with van der Waals surface area (Å²) in [5, 5.41) is 4.38. The summed E-state index contributed by atoms with van der Waals surface area (Å²) in [5.74, 6) is 2.48. The molecule has 1 saturated carbocycles. The minimum absolute atomic E-state index is 0.618. The average Bonchev–Trinajstić information content (AvgIpc) is 2.76. The summed E-state index contributed by atoms with van der Waals surface area (Å²) in [4.78, 5) is 4.52. The second kappa shape index (κ2) is 7.04. The lowest BCUT2D eigenvalue weighted by molar-refractivity contribution is 0.249. The molecule has 1 heterocycles. The lowest BCUT2D eigenvalue weighted by atomic mass is 9.80. The van der Waals surface area contributed by atoms with E-state index >= 15 is 0 Å². The molecule has 1 aliphatic rings. The van der Waals surface area contributed by atoms with Gasteiger partial charge >= 0.3 is 0 Å². The van der Waals surface area contributed by atoms with Crippen LogP contribution in [0.1, 0.15) is 45.9 Å². The van der Waals surface area contributed by atoms with Gasteiger partial charge < -0.3 is 5.32 Å². The maximum Gasteiger partial charge on any atom is 0.170 e. The van der Waals surface area contributed by atoms with Gasteiger partial charge in [-0.3, -0.25) is 0 Å². The van der Waals surface area contributed by atoms with E-state index in [0.29, 0.717) is 11.3 Å². The van der Waals surface area contributed by atoms with Gasteiger partial charge in [0.05, 0.1) is 0 Å². The Hall–Kier alpha value is -0.130. The van der Waals surface area contributed by atoms with E-state index < -0.39 is 0 Å². The molecule has 1 aliphatic carbocycles. The van der Waals surface area contributed by atoms with Crippen LogP contribution in [0, 0.1) is 18.8 Å². The Morgan fingerprint density at radius 1 is 1.37 bits per heavy atom. The van der Waals surface area contributed by atoms with E-state index in [-0.39, 0.29) is 0 Å². The second-order valence-corrected chi connectivity index (χ2v) is 7.98. The zero-order chi connectivity index (χ0) is 13.8. The first kappa shape index (κ1) is 15.3. The molecule has 0 radical (unpaired) electrons. The van der Waals surface area contributed by atoms with Gasteiger partial charge in [0.1, 0.15) is 5.82 Å². The molecule has 0 saturated heterocycles. The highest BCUT2D eigenvalue weighted by atomic mass is 32.2. The van der Waals surface area contributed by atoms with E-state index in [9.17, 15) is 0 Å². The van der Waals surface area contributed by atoms with Gasteiger partial charge in [-0.05, 0) is 56.1 Å². The van der Waals surface area contributed by atoms with E-state index in [1.165, 1.54) is 19.3 Å². The zero-order valence-corrected chi connectivity index (χ0v) is 14.0. The molecule has 3 nitrogen and oxygen atoms in total. The van der Waals surface area contributed by atoms with Crippen LogP contribution >= 0.6 is 23.3 Å². The van der Waals surface area contributed by atoms with Crippen molar-refractivity contribution in [1.82, 2.24) is 14.7 Å². The van der Waals surface area contributed by atoms with Gasteiger partial charge in [-0.25, -0.2) is 4.98 Å². The van der Waals surface area contributed by atoms with E-state index in [1.807, 2.05) is 18.7 Å². The second-order valence-electron chi connectivity index (χ2n) is 5.80. The van der Waals surface area contributed by atoms with Gasteiger partial charge in [0, 0.05) is 11.3 Å². The topological polar surface area (TPSA) is 37.8 Å². The standard InChI is InChI=1S/C14H25N3S2/c1-5-6-15-12-8-9(2)7-10(3)13(12)18-14-16-11(4)17-19-14/h9-10,12-13,15H,5-8H2,1-4H3. The van der Waals surface area contributed by atoms with Crippen LogP contribution in [0.15, 0.2) is 4.34 Å². The Labute approximate surface area is 125 Å². The number of thioether (sulfide) groups is 1. The van der Waals surface area contributed by atoms with Crippen LogP contribution in [0.4, 0.5) is 0 Å². The summed E-state index contributed by atoms with van der Waals surface area (Å²) in [6, 6.07) is 0.618. The van der Waals surface area contributed by atoms with E-state index in [4.69, 9.17) is 0 Å². The predicted molar refractivity (Wildman–Crippen MR) is 83.9 cm³/mol. The smallest absolute Gasteiger partial charge is 0.170 e. The van der Waals surface area contributed by atoms with E-state index in [1.54, 1.807) is 11.5 Å². The fourth-order valence-electron chi connectivity index (χ4n) is 3.00. The monoisotopic (exact) mass is 299 g/mol. The number of nitrogens with one attached hydrogen (secondary N) is 1. The van der Waals surface area contributed by atoms with Gasteiger partial charge in [-0.15, -0.1) is 0 Å². The Morgan fingerprint density at radius 3 is 2.79 bits per heavy atom. The van der Waals surface area contributed by atoms with Gasteiger partial charge in [0.25, 0.3) is 0 Å². The molecule has 19 heavy (non-hydrogen) atoms. The molecule has 0 spiro atoms. The minimum Gasteiger partial charge on any atom is -0.313 e. The molecule has 1 fully saturated rings. The number of hydrogen-bond donors (Lipinski definition) is 1. The molecule has 0 aromatic carbocycles. The Morgan fingerprint density at radius 2 is 2.16 bits per heavy atom. The SMILES string of the molecule is CCCNC1CC(C)CC(C)C1Sc1nc(C)ns1. The first-order valence-electron chi connectivity index (χ1n) is 7.30. The highest BCUT2D eigenvalue weighted by Gasteiger charge is 2.34.